The second-order valence-corrected chi connectivity index (χ2v) is 5.81. The molecule has 1 aliphatic rings. The fourth-order valence-corrected chi connectivity index (χ4v) is 2.74. The maximum absolute atomic E-state index is 11.1. The Morgan fingerprint density at radius 1 is 1.12 bits per heavy atom. The van der Waals surface area contributed by atoms with Crippen LogP contribution < -0.4 is 4.90 Å². The number of anilines is 1. The summed E-state index contributed by atoms with van der Waals surface area (Å²) in [6.45, 7) is 3.03. The first-order valence-corrected chi connectivity index (χ1v) is 8.17. The zero-order valence-corrected chi connectivity index (χ0v) is 13.8. The Morgan fingerprint density at radius 3 is 2.69 bits per heavy atom. The number of rotatable bonds is 4. The van der Waals surface area contributed by atoms with Gasteiger partial charge in [0.15, 0.2) is 0 Å². The number of benzene rings is 1. The number of pyridine rings is 1. The summed E-state index contributed by atoms with van der Waals surface area (Å²) >= 11 is 0. The minimum atomic E-state index is -1.00. The van der Waals surface area contributed by atoms with Crippen LogP contribution in [0.4, 0.5) is 5.82 Å². The Balaban J connectivity index is 1.56. The second kappa shape index (κ2) is 6.93. The van der Waals surface area contributed by atoms with Crippen molar-refractivity contribution in [3.8, 4) is 22.8 Å². The highest BCUT2D eigenvalue weighted by Crippen LogP contribution is 2.24. The molecule has 8 nitrogen and oxygen atoms in total. The Kier molecular flexibility index (Phi) is 4.32. The van der Waals surface area contributed by atoms with E-state index in [4.69, 9.17) is 14.4 Å². The molecule has 1 N–H and O–H groups in total. The van der Waals surface area contributed by atoms with Gasteiger partial charge in [0.05, 0.1) is 24.3 Å². The number of morpholine rings is 1. The number of carboxylic acid groups (broad SMARTS) is 1. The highest BCUT2D eigenvalue weighted by molar-refractivity contribution is 5.89. The first-order valence-electron chi connectivity index (χ1n) is 8.17. The molecule has 0 atom stereocenters. The van der Waals surface area contributed by atoms with Crippen LogP contribution in [0.25, 0.3) is 22.8 Å². The van der Waals surface area contributed by atoms with E-state index in [9.17, 15) is 4.79 Å². The molecule has 0 amide bonds. The summed E-state index contributed by atoms with van der Waals surface area (Å²) in [7, 11) is 0. The van der Waals surface area contributed by atoms with E-state index in [1.807, 2.05) is 12.1 Å². The van der Waals surface area contributed by atoms with Crippen molar-refractivity contribution in [2.24, 2.45) is 0 Å². The lowest BCUT2D eigenvalue weighted by Crippen LogP contribution is -2.36. The first-order chi connectivity index (χ1) is 12.7. The normalized spacial score (nSPS) is 14.4. The van der Waals surface area contributed by atoms with Crippen molar-refractivity contribution in [3.05, 3.63) is 48.2 Å². The molecule has 3 aromatic rings. The monoisotopic (exact) mass is 352 g/mol. The molecule has 132 valence electrons. The Morgan fingerprint density at radius 2 is 1.96 bits per heavy atom. The maximum atomic E-state index is 11.1. The van der Waals surface area contributed by atoms with Gasteiger partial charge in [0.25, 0.3) is 5.89 Å². The number of hydrogen-bond donors (Lipinski definition) is 1. The van der Waals surface area contributed by atoms with Crippen LogP contribution in [0.1, 0.15) is 10.4 Å². The van der Waals surface area contributed by atoms with Gasteiger partial charge in [-0.25, -0.2) is 9.78 Å². The van der Waals surface area contributed by atoms with E-state index in [0.717, 1.165) is 18.9 Å². The number of carboxylic acids is 1. The number of nitrogens with zero attached hydrogens (tertiary/aromatic N) is 4. The van der Waals surface area contributed by atoms with Crippen LogP contribution in [0.3, 0.4) is 0 Å². The van der Waals surface area contributed by atoms with Gasteiger partial charge < -0.3 is 19.3 Å². The van der Waals surface area contributed by atoms with Crippen LogP contribution in [-0.2, 0) is 4.74 Å². The molecule has 1 saturated heterocycles. The van der Waals surface area contributed by atoms with E-state index < -0.39 is 5.97 Å². The van der Waals surface area contributed by atoms with Gasteiger partial charge in [-0.2, -0.15) is 4.98 Å². The number of aromatic nitrogens is 3. The lowest BCUT2D eigenvalue weighted by Gasteiger charge is -2.27. The zero-order valence-electron chi connectivity index (χ0n) is 13.8. The molecule has 2 aromatic heterocycles. The van der Waals surface area contributed by atoms with Gasteiger partial charge in [-0.15, -0.1) is 0 Å². The van der Waals surface area contributed by atoms with Crippen molar-refractivity contribution in [3.63, 3.8) is 0 Å². The number of ether oxygens (including phenoxy) is 1. The topological polar surface area (TPSA) is 102 Å². The molecule has 1 aliphatic heterocycles. The molecular formula is C18H16N4O4. The summed E-state index contributed by atoms with van der Waals surface area (Å²) in [6.07, 6.45) is 1.69. The van der Waals surface area contributed by atoms with E-state index in [1.54, 1.807) is 18.3 Å². The van der Waals surface area contributed by atoms with Gasteiger partial charge in [0, 0.05) is 24.8 Å². The zero-order chi connectivity index (χ0) is 17.9. The first kappa shape index (κ1) is 16.2. The SMILES string of the molecule is O=C(O)c1cccc(-c2noc(-c3ccc(N4CCOCC4)nc3)n2)c1. The number of aromatic carboxylic acids is 1. The van der Waals surface area contributed by atoms with Crippen molar-refractivity contribution >= 4 is 11.8 Å². The molecule has 3 heterocycles. The molecule has 26 heavy (non-hydrogen) atoms. The lowest BCUT2D eigenvalue weighted by molar-refractivity contribution is 0.0697. The summed E-state index contributed by atoms with van der Waals surface area (Å²) in [5.41, 5.74) is 1.46. The van der Waals surface area contributed by atoms with Gasteiger partial charge in [0.2, 0.25) is 5.82 Å². The molecule has 1 fully saturated rings. The fraction of sp³-hybridized carbons (Fsp3) is 0.222. The van der Waals surface area contributed by atoms with E-state index in [0.29, 0.717) is 36.1 Å². The summed E-state index contributed by atoms with van der Waals surface area (Å²) < 4.78 is 10.7. The maximum Gasteiger partial charge on any atom is 0.335 e. The summed E-state index contributed by atoms with van der Waals surface area (Å²) in [6, 6.07) is 10.2. The predicted octanol–water partition coefficient (Wildman–Crippen LogP) is 2.33. The second-order valence-electron chi connectivity index (χ2n) is 5.81. The van der Waals surface area contributed by atoms with E-state index in [1.165, 1.54) is 12.1 Å². The van der Waals surface area contributed by atoms with Crippen LogP contribution >= 0.6 is 0 Å². The molecule has 0 bridgehead atoms. The molecular weight excluding hydrogens is 336 g/mol. The molecule has 0 saturated carbocycles. The fourth-order valence-electron chi connectivity index (χ4n) is 2.74. The van der Waals surface area contributed by atoms with Gasteiger partial charge in [-0.3, -0.25) is 0 Å². The molecule has 1 aromatic carbocycles. The van der Waals surface area contributed by atoms with Crippen LogP contribution in [0.15, 0.2) is 47.1 Å². The van der Waals surface area contributed by atoms with E-state index in [2.05, 4.69) is 20.0 Å². The molecule has 0 aliphatic carbocycles. The lowest BCUT2D eigenvalue weighted by atomic mass is 10.1. The van der Waals surface area contributed by atoms with E-state index >= 15 is 0 Å². The average molecular weight is 352 g/mol. The molecule has 0 unspecified atom stereocenters. The molecule has 0 spiro atoms. The van der Waals surface area contributed by atoms with Gasteiger partial charge in [0.1, 0.15) is 5.82 Å². The molecule has 8 heteroatoms. The van der Waals surface area contributed by atoms with Crippen molar-refractivity contribution in [1.82, 2.24) is 15.1 Å². The van der Waals surface area contributed by atoms with Gasteiger partial charge in [-0.1, -0.05) is 17.3 Å². The third kappa shape index (κ3) is 3.27. The standard InChI is InChI=1S/C18H16N4O4/c23-18(24)13-3-1-2-12(10-13)16-20-17(26-21-16)14-4-5-15(19-11-14)22-6-8-25-9-7-22/h1-5,10-11H,6-9H2,(H,23,24). The summed E-state index contributed by atoms with van der Waals surface area (Å²) in [5.74, 6) is 0.548. The largest absolute Gasteiger partial charge is 0.478 e. The van der Waals surface area contributed by atoms with Crippen molar-refractivity contribution in [2.75, 3.05) is 31.2 Å². The third-order valence-electron chi connectivity index (χ3n) is 4.12. The van der Waals surface area contributed by atoms with Gasteiger partial charge in [-0.05, 0) is 24.3 Å². The Labute approximate surface area is 149 Å². The molecule has 0 radical (unpaired) electrons. The minimum Gasteiger partial charge on any atom is -0.478 e. The highest BCUT2D eigenvalue weighted by Gasteiger charge is 2.15. The van der Waals surface area contributed by atoms with Crippen molar-refractivity contribution < 1.29 is 19.2 Å². The van der Waals surface area contributed by atoms with Crippen LogP contribution in [0, 0.1) is 0 Å². The number of hydrogen-bond acceptors (Lipinski definition) is 7. The highest BCUT2D eigenvalue weighted by atomic mass is 16.5. The Hall–Kier alpha value is -3.26. The Bertz CT molecular complexity index is 917. The van der Waals surface area contributed by atoms with E-state index in [-0.39, 0.29) is 5.56 Å². The minimum absolute atomic E-state index is 0.172. The number of carbonyl (C=O) groups is 1. The van der Waals surface area contributed by atoms with Crippen LogP contribution in [-0.4, -0.2) is 52.5 Å². The van der Waals surface area contributed by atoms with Crippen molar-refractivity contribution in [1.29, 1.82) is 0 Å². The average Bonchev–Trinajstić information content (AvgIpc) is 3.19. The van der Waals surface area contributed by atoms with Gasteiger partial charge >= 0.3 is 5.97 Å². The summed E-state index contributed by atoms with van der Waals surface area (Å²) in [5, 5.41) is 13.0. The van der Waals surface area contributed by atoms with Crippen molar-refractivity contribution in [2.45, 2.75) is 0 Å². The quantitative estimate of drug-likeness (QED) is 0.763. The van der Waals surface area contributed by atoms with Crippen LogP contribution in [0.2, 0.25) is 0 Å². The summed E-state index contributed by atoms with van der Waals surface area (Å²) in [4.78, 5) is 22.1. The third-order valence-corrected chi connectivity index (χ3v) is 4.12. The smallest absolute Gasteiger partial charge is 0.335 e. The predicted molar refractivity (Wildman–Crippen MR) is 93.0 cm³/mol. The molecule has 4 rings (SSSR count). The van der Waals surface area contributed by atoms with Crippen LogP contribution in [0.5, 0.6) is 0 Å².